The summed E-state index contributed by atoms with van der Waals surface area (Å²) < 4.78 is 44.0. The van der Waals surface area contributed by atoms with Crippen molar-refractivity contribution in [3.63, 3.8) is 0 Å². The van der Waals surface area contributed by atoms with E-state index in [1.54, 1.807) is 23.9 Å². The van der Waals surface area contributed by atoms with E-state index in [0.717, 1.165) is 35.4 Å². The number of nitrogens with zero attached hydrogens (tertiary/aromatic N) is 1. The van der Waals surface area contributed by atoms with E-state index in [-0.39, 0.29) is 24.4 Å². The van der Waals surface area contributed by atoms with E-state index >= 15 is 0 Å². The molecule has 0 saturated carbocycles. The molecule has 3 rings (SSSR count). The molecule has 0 aromatic heterocycles. The molecule has 0 atom stereocenters. The van der Waals surface area contributed by atoms with Gasteiger partial charge in [-0.25, -0.2) is 0 Å². The Balaban J connectivity index is 1.82. The van der Waals surface area contributed by atoms with Gasteiger partial charge in [0, 0.05) is 64.8 Å². The highest BCUT2D eigenvalue weighted by atomic mass is 79.9. The Morgan fingerprint density at radius 2 is 2.00 bits per heavy atom. The maximum absolute atomic E-state index is 13.1. The highest BCUT2D eigenvalue weighted by molar-refractivity contribution is 9.10. The van der Waals surface area contributed by atoms with Gasteiger partial charge in [0.15, 0.2) is 0 Å². The highest BCUT2D eigenvalue weighted by Gasteiger charge is 2.33. The number of hydrogen-bond acceptors (Lipinski definition) is 5. The first kappa shape index (κ1) is 26.2. The average molecular weight is 567 g/mol. The van der Waals surface area contributed by atoms with E-state index < -0.39 is 12.3 Å². The summed E-state index contributed by atoms with van der Waals surface area (Å²) in [7, 11) is 0. The third kappa shape index (κ3) is 7.78. The molecule has 33 heavy (non-hydrogen) atoms. The summed E-state index contributed by atoms with van der Waals surface area (Å²) in [5.41, 5.74) is 1.25. The fraction of sp³-hybridized carbons (Fsp3) is 0.409. The van der Waals surface area contributed by atoms with Crippen molar-refractivity contribution in [3.8, 4) is 5.75 Å². The summed E-state index contributed by atoms with van der Waals surface area (Å²) in [6.07, 6.45) is -4.88. The van der Waals surface area contributed by atoms with Crippen LogP contribution in [0.25, 0.3) is 0 Å². The fourth-order valence-electron chi connectivity index (χ4n) is 3.46. The van der Waals surface area contributed by atoms with Crippen LogP contribution in [0.4, 0.5) is 13.2 Å². The Morgan fingerprint density at radius 1 is 1.27 bits per heavy atom. The molecule has 5 nitrogen and oxygen atoms in total. The lowest BCUT2D eigenvalue weighted by molar-refractivity contribution is -0.275. The number of hydrogen-bond donors (Lipinski definition) is 2. The van der Waals surface area contributed by atoms with Crippen LogP contribution >= 0.6 is 39.3 Å². The number of thioether (sulfide) groups is 1. The summed E-state index contributed by atoms with van der Waals surface area (Å²) >= 11 is 11.1. The van der Waals surface area contributed by atoms with E-state index in [4.69, 9.17) is 11.6 Å². The highest BCUT2D eigenvalue weighted by Crippen LogP contribution is 2.34. The number of halogens is 5. The number of benzene rings is 2. The maximum Gasteiger partial charge on any atom is 0.573 e. The minimum atomic E-state index is -4.88. The van der Waals surface area contributed by atoms with Crippen LogP contribution in [0, 0.1) is 0 Å². The van der Waals surface area contributed by atoms with Crippen LogP contribution in [0.1, 0.15) is 28.4 Å². The Labute approximate surface area is 208 Å². The van der Waals surface area contributed by atoms with Gasteiger partial charge >= 0.3 is 6.36 Å². The number of alkyl halides is 3. The molecule has 0 unspecified atom stereocenters. The smallest absolute Gasteiger partial charge is 0.405 e. The Morgan fingerprint density at radius 3 is 2.67 bits per heavy atom. The monoisotopic (exact) mass is 565 g/mol. The third-order valence-corrected chi connectivity index (χ3v) is 6.94. The van der Waals surface area contributed by atoms with Gasteiger partial charge in [-0.3, -0.25) is 9.69 Å². The molecule has 2 aromatic rings. The van der Waals surface area contributed by atoms with Gasteiger partial charge in [0.05, 0.1) is 0 Å². The van der Waals surface area contributed by atoms with Gasteiger partial charge in [-0.1, -0.05) is 34.5 Å². The number of carbonyl (C=O) groups is 1. The van der Waals surface area contributed by atoms with Gasteiger partial charge in [-0.2, -0.15) is 0 Å². The molecule has 0 bridgehead atoms. The van der Waals surface area contributed by atoms with Crippen LogP contribution in [0.2, 0.25) is 5.02 Å². The van der Waals surface area contributed by atoms with Crippen LogP contribution in [-0.4, -0.2) is 49.1 Å². The first-order valence-corrected chi connectivity index (χ1v) is 12.5. The normalized spacial score (nSPS) is 14.8. The predicted molar refractivity (Wildman–Crippen MR) is 128 cm³/mol. The van der Waals surface area contributed by atoms with Crippen molar-refractivity contribution in [2.24, 2.45) is 0 Å². The number of nitrogens with one attached hydrogen (secondary N) is 2. The molecule has 1 aliphatic rings. The molecule has 2 aromatic carbocycles. The van der Waals surface area contributed by atoms with Gasteiger partial charge in [-0.05, 0) is 41.6 Å². The molecular weight excluding hydrogens is 543 g/mol. The predicted octanol–water partition coefficient (Wildman–Crippen LogP) is 5.45. The fourth-order valence-corrected chi connectivity index (χ4v) is 5.02. The van der Waals surface area contributed by atoms with E-state index in [0.29, 0.717) is 28.1 Å². The summed E-state index contributed by atoms with van der Waals surface area (Å²) in [4.78, 5) is 15.8. The molecule has 0 radical (unpaired) electrons. The Kier molecular flexibility index (Phi) is 9.34. The van der Waals surface area contributed by atoms with Crippen LogP contribution in [0.15, 0.2) is 39.7 Å². The summed E-state index contributed by atoms with van der Waals surface area (Å²) in [5.74, 6) is -0.0446. The molecule has 1 heterocycles. The minimum Gasteiger partial charge on any atom is -0.405 e. The van der Waals surface area contributed by atoms with Crippen molar-refractivity contribution < 1.29 is 22.7 Å². The average Bonchev–Trinajstić information content (AvgIpc) is 2.75. The van der Waals surface area contributed by atoms with Gasteiger partial charge < -0.3 is 15.4 Å². The molecule has 1 fully saturated rings. The lowest BCUT2D eigenvalue weighted by Crippen LogP contribution is -2.43. The van der Waals surface area contributed by atoms with Crippen LogP contribution in [0.5, 0.6) is 5.75 Å². The zero-order valence-electron chi connectivity index (χ0n) is 17.9. The lowest BCUT2D eigenvalue weighted by Gasteiger charge is -2.28. The minimum absolute atomic E-state index is 0.0666. The number of carbonyl (C=O) groups excluding carboxylic acids is 1. The van der Waals surface area contributed by atoms with Crippen LogP contribution in [-0.2, 0) is 13.1 Å². The quantitative estimate of drug-likeness (QED) is 0.417. The molecule has 1 amide bonds. The van der Waals surface area contributed by atoms with Crippen LogP contribution < -0.4 is 15.4 Å². The molecular formula is C22H24BrClF3N3O2S. The van der Waals surface area contributed by atoms with E-state index in [1.807, 2.05) is 17.9 Å². The van der Waals surface area contributed by atoms with E-state index in [2.05, 4.69) is 31.3 Å². The van der Waals surface area contributed by atoms with E-state index in [1.165, 1.54) is 6.07 Å². The Hall–Kier alpha value is -1.46. The first-order valence-electron chi connectivity index (χ1n) is 10.4. The van der Waals surface area contributed by atoms with Gasteiger partial charge in [0.1, 0.15) is 5.75 Å². The second kappa shape index (κ2) is 11.8. The van der Waals surface area contributed by atoms with Crippen molar-refractivity contribution >= 4 is 45.2 Å². The van der Waals surface area contributed by atoms with Gasteiger partial charge in [0.2, 0.25) is 0 Å². The second-order valence-electron chi connectivity index (χ2n) is 7.38. The van der Waals surface area contributed by atoms with Crippen molar-refractivity contribution in [1.29, 1.82) is 0 Å². The third-order valence-electron chi connectivity index (χ3n) is 5.00. The zero-order valence-corrected chi connectivity index (χ0v) is 21.1. The van der Waals surface area contributed by atoms with Crippen LogP contribution in [0.3, 0.4) is 0 Å². The molecule has 2 N–H and O–H groups in total. The molecule has 11 heteroatoms. The largest absolute Gasteiger partial charge is 0.573 e. The molecule has 0 spiro atoms. The molecule has 1 aliphatic heterocycles. The topological polar surface area (TPSA) is 53.6 Å². The zero-order chi connectivity index (χ0) is 24.0. The number of piperazine rings is 1. The number of amides is 1. The number of rotatable bonds is 8. The van der Waals surface area contributed by atoms with Gasteiger partial charge in [-0.15, -0.1) is 24.9 Å². The van der Waals surface area contributed by atoms with E-state index in [9.17, 15) is 18.0 Å². The Bertz CT molecular complexity index is 988. The summed E-state index contributed by atoms with van der Waals surface area (Å²) in [5, 5.41) is 6.52. The molecule has 0 aliphatic carbocycles. The van der Waals surface area contributed by atoms with Crippen molar-refractivity contribution in [2.75, 3.05) is 31.9 Å². The number of ether oxygens (including phenoxy) is 1. The second-order valence-corrected chi connectivity index (χ2v) is 9.97. The van der Waals surface area contributed by atoms with Crippen molar-refractivity contribution in [2.45, 2.75) is 31.3 Å². The summed E-state index contributed by atoms with van der Waals surface area (Å²) in [6, 6.07) is 8.10. The summed E-state index contributed by atoms with van der Waals surface area (Å²) in [6.45, 7) is 5.41. The molecule has 1 saturated heterocycles. The lowest BCUT2D eigenvalue weighted by atomic mass is 10.1. The first-order chi connectivity index (χ1) is 15.7. The maximum atomic E-state index is 13.1. The standard InChI is InChI=1S/C22H24BrClF3N3O2S/c1-2-33-20-4-3-16(24)9-15(20)12-29-21(31)14-10-18(23)17(13-30-7-5-28-6-8-30)19(11-14)32-22(25,26)27/h3-4,9-11,28H,2,5-8,12-13H2,1H3,(H,29,31). The van der Waals surface area contributed by atoms with Crippen molar-refractivity contribution in [3.05, 3.63) is 56.5 Å². The molecule has 180 valence electrons. The SMILES string of the molecule is CCSc1ccc(Cl)cc1CNC(=O)c1cc(Br)c(CN2CCNCC2)c(OC(F)(F)F)c1. The van der Waals surface area contributed by atoms with Gasteiger partial charge in [0.25, 0.3) is 5.91 Å². The van der Waals surface area contributed by atoms with Crippen molar-refractivity contribution in [1.82, 2.24) is 15.5 Å².